The third-order valence-corrected chi connectivity index (χ3v) is 5.48. The van der Waals surface area contributed by atoms with Crippen LogP contribution >= 0.6 is 0 Å². The lowest BCUT2D eigenvalue weighted by Gasteiger charge is -2.30. The highest BCUT2D eigenvalue weighted by Gasteiger charge is 2.30. The van der Waals surface area contributed by atoms with Crippen LogP contribution in [-0.4, -0.2) is 29.3 Å². The van der Waals surface area contributed by atoms with Crippen molar-refractivity contribution in [3.8, 4) is 0 Å². The first-order valence-electron chi connectivity index (χ1n) is 8.82. The number of nitrogens with zero attached hydrogens (tertiary/aromatic N) is 2. The molecule has 0 aromatic carbocycles. The van der Waals surface area contributed by atoms with Crippen LogP contribution in [0.4, 0.5) is 0 Å². The Labute approximate surface area is 127 Å². The van der Waals surface area contributed by atoms with Crippen LogP contribution in [0.5, 0.6) is 0 Å². The second kappa shape index (κ2) is 6.09. The van der Waals surface area contributed by atoms with Crippen molar-refractivity contribution in [3.63, 3.8) is 0 Å². The summed E-state index contributed by atoms with van der Waals surface area (Å²) < 4.78 is 8.24. The number of rotatable bonds is 2. The van der Waals surface area contributed by atoms with Crippen LogP contribution in [0.3, 0.4) is 0 Å². The number of nitrogens with one attached hydrogen (secondary N) is 1. The summed E-state index contributed by atoms with van der Waals surface area (Å²) in [5.74, 6) is 2.11. The summed E-state index contributed by atoms with van der Waals surface area (Å²) in [5, 5.41) is 3.49. The van der Waals surface area contributed by atoms with E-state index < -0.39 is 0 Å². The molecule has 2 fully saturated rings. The van der Waals surface area contributed by atoms with Crippen LogP contribution in [0.15, 0.2) is 0 Å². The molecule has 1 saturated heterocycles. The number of aromatic nitrogens is 2. The van der Waals surface area contributed by atoms with Crippen molar-refractivity contribution in [2.24, 2.45) is 0 Å². The van der Waals surface area contributed by atoms with Crippen LogP contribution in [-0.2, 0) is 17.7 Å². The van der Waals surface area contributed by atoms with E-state index in [0.717, 1.165) is 45.6 Å². The van der Waals surface area contributed by atoms with E-state index in [9.17, 15) is 0 Å². The Hall–Kier alpha value is -0.870. The van der Waals surface area contributed by atoms with Crippen LogP contribution in [0, 0.1) is 0 Å². The molecule has 0 amide bonds. The second-order valence-corrected chi connectivity index (χ2v) is 6.84. The Morgan fingerprint density at radius 1 is 1.05 bits per heavy atom. The molecule has 2 aliphatic heterocycles. The highest BCUT2D eigenvalue weighted by Crippen LogP contribution is 2.37. The van der Waals surface area contributed by atoms with Gasteiger partial charge in [-0.2, -0.15) is 0 Å². The van der Waals surface area contributed by atoms with Gasteiger partial charge in [-0.05, 0) is 25.7 Å². The van der Waals surface area contributed by atoms with Gasteiger partial charge < -0.3 is 14.6 Å². The molecule has 4 nitrogen and oxygen atoms in total. The predicted octanol–water partition coefficient (Wildman–Crippen LogP) is 2.93. The molecule has 1 saturated carbocycles. The van der Waals surface area contributed by atoms with Crippen molar-refractivity contribution in [1.29, 1.82) is 0 Å². The van der Waals surface area contributed by atoms with Gasteiger partial charge in [-0.15, -0.1) is 0 Å². The third kappa shape index (κ3) is 2.64. The lowest BCUT2D eigenvalue weighted by Crippen LogP contribution is -2.28. The molecule has 1 N–H and O–H groups in total. The molecule has 0 spiro atoms. The van der Waals surface area contributed by atoms with Crippen molar-refractivity contribution in [3.05, 3.63) is 17.2 Å². The second-order valence-electron chi connectivity index (χ2n) is 6.84. The highest BCUT2D eigenvalue weighted by atomic mass is 16.5. The number of hydrogen-bond donors (Lipinski definition) is 1. The van der Waals surface area contributed by atoms with Crippen molar-refractivity contribution >= 4 is 0 Å². The molecule has 4 heteroatoms. The molecule has 0 unspecified atom stereocenters. The summed E-state index contributed by atoms with van der Waals surface area (Å²) in [6.07, 6.45) is 10.3. The molecule has 21 heavy (non-hydrogen) atoms. The minimum Gasteiger partial charge on any atom is -0.381 e. The fraction of sp³-hybridized carbons (Fsp3) is 0.824. The van der Waals surface area contributed by atoms with Crippen LogP contribution in [0.2, 0.25) is 0 Å². The number of imidazole rings is 1. The van der Waals surface area contributed by atoms with E-state index in [1.54, 1.807) is 0 Å². The largest absolute Gasteiger partial charge is 0.381 e. The first-order chi connectivity index (χ1) is 10.4. The molecule has 3 aliphatic rings. The van der Waals surface area contributed by atoms with Crippen LogP contribution in [0.25, 0.3) is 0 Å². The van der Waals surface area contributed by atoms with Crippen molar-refractivity contribution in [2.45, 2.75) is 69.9 Å². The standard InChI is InChI=1S/C17H27N3O/c1-2-4-13(5-3-1)17-19-15-12-18-9-6-16(15)20(17)14-7-10-21-11-8-14/h13-14,18H,1-12H2. The minimum absolute atomic E-state index is 0.630. The Morgan fingerprint density at radius 2 is 1.86 bits per heavy atom. The zero-order chi connectivity index (χ0) is 14.1. The van der Waals surface area contributed by atoms with E-state index in [1.807, 2.05) is 0 Å². The zero-order valence-corrected chi connectivity index (χ0v) is 12.9. The van der Waals surface area contributed by atoms with E-state index in [1.165, 1.54) is 49.3 Å². The van der Waals surface area contributed by atoms with Gasteiger partial charge in [0.2, 0.25) is 0 Å². The van der Waals surface area contributed by atoms with Gasteiger partial charge in [0.1, 0.15) is 5.82 Å². The van der Waals surface area contributed by atoms with E-state index in [0.29, 0.717) is 12.0 Å². The maximum atomic E-state index is 5.58. The summed E-state index contributed by atoms with van der Waals surface area (Å²) in [5.41, 5.74) is 2.86. The summed E-state index contributed by atoms with van der Waals surface area (Å²) in [4.78, 5) is 5.11. The Kier molecular flexibility index (Phi) is 3.99. The average Bonchev–Trinajstić information content (AvgIpc) is 2.96. The predicted molar refractivity (Wildman–Crippen MR) is 82.6 cm³/mol. The zero-order valence-electron chi connectivity index (χ0n) is 12.9. The maximum Gasteiger partial charge on any atom is 0.112 e. The maximum absolute atomic E-state index is 5.58. The molecule has 1 aromatic heterocycles. The Morgan fingerprint density at radius 3 is 2.67 bits per heavy atom. The Bertz CT molecular complexity index is 484. The average molecular weight is 289 g/mol. The normalized spacial score (nSPS) is 25.0. The third-order valence-electron chi connectivity index (χ3n) is 5.48. The SMILES string of the molecule is C1CCC(c2nc3c(n2C2CCOCC2)CCNC3)CC1. The summed E-state index contributed by atoms with van der Waals surface area (Å²) in [6, 6.07) is 0.630. The summed E-state index contributed by atoms with van der Waals surface area (Å²) in [6.45, 7) is 3.90. The first-order valence-corrected chi connectivity index (χ1v) is 8.82. The van der Waals surface area contributed by atoms with Crippen molar-refractivity contribution in [2.75, 3.05) is 19.8 Å². The topological polar surface area (TPSA) is 39.1 Å². The molecule has 3 heterocycles. The van der Waals surface area contributed by atoms with Gasteiger partial charge in [-0.3, -0.25) is 0 Å². The molecule has 1 aliphatic carbocycles. The molecule has 0 bridgehead atoms. The lowest BCUT2D eigenvalue weighted by atomic mass is 9.88. The molecule has 1 aromatic rings. The van der Waals surface area contributed by atoms with Crippen molar-refractivity contribution < 1.29 is 4.74 Å². The van der Waals surface area contributed by atoms with Crippen LogP contribution < -0.4 is 5.32 Å². The van der Waals surface area contributed by atoms with Gasteiger partial charge >= 0.3 is 0 Å². The molecular weight excluding hydrogens is 262 g/mol. The molecule has 116 valence electrons. The highest BCUT2D eigenvalue weighted by molar-refractivity contribution is 5.23. The summed E-state index contributed by atoms with van der Waals surface area (Å²) in [7, 11) is 0. The first kappa shape index (κ1) is 13.8. The van der Waals surface area contributed by atoms with Gasteiger partial charge in [0.25, 0.3) is 0 Å². The lowest BCUT2D eigenvalue weighted by molar-refractivity contribution is 0.0675. The molecule has 0 atom stereocenters. The van der Waals surface area contributed by atoms with Gasteiger partial charge in [0, 0.05) is 50.4 Å². The fourth-order valence-corrected chi connectivity index (χ4v) is 4.35. The van der Waals surface area contributed by atoms with Gasteiger partial charge in [0.15, 0.2) is 0 Å². The molecule has 4 rings (SSSR count). The smallest absolute Gasteiger partial charge is 0.112 e. The quantitative estimate of drug-likeness (QED) is 0.910. The van der Waals surface area contributed by atoms with E-state index in [-0.39, 0.29) is 0 Å². The van der Waals surface area contributed by atoms with Crippen LogP contribution in [0.1, 0.15) is 74.1 Å². The minimum atomic E-state index is 0.630. The van der Waals surface area contributed by atoms with Crippen molar-refractivity contribution in [1.82, 2.24) is 14.9 Å². The molecule has 0 radical (unpaired) electrons. The fourth-order valence-electron chi connectivity index (χ4n) is 4.35. The molecular formula is C17H27N3O. The van der Waals surface area contributed by atoms with E-state index in [2.05, 4.69) is 9.88 Å². The van der Waals surface area contributed by atoms with Gasteiger partial charge in [0.05, 0.1) is 5.69 Å². The Balaban J connectivity index is 1.71. The van der Waals surface area contributed by atoms with E-state index >= 15 is 0 Å². The number of fused-ring (bicyclic) bond motifs is 1. The monoisotopic (exact) mass is 289 g/mol. The van der Waals surface area contributed by atoms with Gasteiger partial charge in [-0.1, -0.05) is 19.3 Å². The van der Waals surface area contributed by atoms with E-state index in [4.69, 9.17) is 9.72 Å². The van der Waals surface area contributed by atoms with Gasteiger partial charge in [-0.25, -0.2) is 4.98 Å². The number of hydrogen-bond acceptors (Lipinski definition) is 3. The number of ether oxygens (including phenoxy) is 1. The summed E-state index contributed by atoms with van der Waals surface area (Å²) >= 11 is 0.